The number of aromatic nitrogens is 1. The number of nitrogens with zero attached hydrogens (tertiary/aromatic N) is 2. The predicted molar refractivity (Wildman–Crippen MR) is 118 cm³/mol. The summed E-state index contributed by atoms with van der Waals surface area (Å²) in [6.45, 7) is 9.31. The van der Waals surface area contributed by atoms with E-state index in [1.54, 1.807) is 22.3 Å². The molecule has 2 aromatic carbocycles. The van der Waals surface area contributed by atoms with Crippen LogP contribution in [0.5, 0.6) is 5.75 Å². The van der Waals surface area contributed by atoms with Crippen molar-refractivity contribution in [3.8, 4) is 5.75 Å². The van der Waals surface area contributed by atoms with E-state index in [2.05, 4.69) is 31.5 Å². The fourth-order valence-electron chi connectivity index (χ4n) is 3.00. The van der Waals surface area contributed by atoms with E-state index in [9.17, 15) is 4.79 Å². The van der Waals surface area contributed by atoms with Gasteiger partial charge in [0.05, 0.1) is 18.7 Å². The minimum atomic E-state index is 0.0669. The summed E-state index contributed by atoms with van der Waals surface area (Å²) >= 11 is 1.55. The second-order valence-electron chi connectivity index (χ2n) is 6.94. The third-order valence-corrected chi connectivity index (χ3v) is 5.63. The third kappa shape index (κ3) is 5.78. The average Bonchev–Trinajstić information content (AvgIpc) is 3.17. The molecule has 0 aliphatic rings. The standard InChI is InChI=1S/C24H26N2O2S/c1-4-13-26(24(27)14-20-10-6-5-7-11-20)15-21-17-29-23(25-21)16-28-22-12-8-9-18(2)19(22)3/h4-12,17H,1,13-16H2,2-3H3. The molecule has 0 radical (unpaired) electrons. The maximum Gasteiger partial charge on any atom is 0.227 e. The lowest BCUT2D eigenvalue weighted by Gasteiger charge is -2.20. The van der Waals surface area contributed by atoms with Gasteiger partial charge in [0.25, 0.3) is 0 Å². The van der Waals surface area contributed by atoms with Crippen LogP contribution in [0.15, 0.2) is 66.6 Å². The van der Waals surface area contributed by atoms with Crippen molar-refractivity contribution in [2.24, 2.45) is 0 Å². The Balaban J connectivity index is 1.61. The highest BCUT2D eigenvalue weighted by Gasteiger charge is 2.15. The smallest absolute Gasteiger partial charge is 0.227 e. The van der Waals surface area contributed by atoms with Gasteiger partial charge in [0.15, 0.2) is 0 Å². The average molecular weight is 407 g/mol. The van der Waals surface area contributed by atoms with Gasteiger partial charge >= 0.3 is 0 Å². The molecule has 1 aromatic heterocycles. The van der Waals surface area contributed by atoms with Crippen molar-refractivity contribution >= 4 is 17.2 Å². The number of amides is 1. The molecule has 5 heteroatoms. The number of aryl methyl sites for hydroxylation is 1. The van der Waals surface area contributed by atoms with Crippen LogP contribution in [0.3, 0.4) is 0 Å². The number of benzene rings is 2. The molecular weight excluding hydrogens is 380 g/mol. The Kier molecular flexibility index (Phi) is 7.19. The molecule has 0 saturated carbocycles. The first-order chi connectivity index (χ1) is 14.1. The number of ether oxygens (including phenoxy) is 1. The Morgan fingerprint density at radius 2 is 1.97 bits per heavy atom. The summed E-state index contributed by atoms with van der Waals surface area (Å²) in [7, 11) is 0. The van der Waals surface area contributed by atoms with Crippen molar-refractivity contribution in [1.29, 1.82) is 0 Å². The fourth-order valence-corrected chi connectivity index (χ4v) is 3.69. The lowest BCUT2D eigenvalue weighted by atomic mass is 10.1. The van der Waals surface area contributed by atoms with E-state index in [0.29, 0.717) is 26.1 Å². The van der Waals surface area contributed by atoms with Gasteiger partial charge in [-0.1, -0.05) is 48.5 Å². The highest BCUT2D eigenvalue weighted by atomic mass is 32.1. The van der Waals surface area contributed by atoms with Gasteiger partial charge in [-0.3, -0.25) is 4.79 Å². The van der Waals surface area contributed by atoms with Crippen molar-refractivity contribution in [2.45, 2.75) is 33.4 Å². The monoisotopic (exact) mass is 406 g/mol. The summed E-state index contributed by atoms with van der Waals surface area (Å²) in [6, 6.07) is 15.8. The van der Waals surface area contributed by atoms with Gasteiger partial charge in [-0.05, 0) is 36.6 Å². The van der Waals surface area contributed by atoms with Crippen LogP contribution in [0.4, 0.5) is 0 Å². The number of carbonyl (C=O) groups excluding carboxylic acids is 1. The van der Waals surface area contributed by atoms with Crippen LogP contribution in [0.25, 0.3) is 0 Å². The van der Waals surface area contributed by atoms with E-state index < -0.39 is 0 Å². The van der Waals surface area contributed by atoms with Gasteiger partial charge < -0.3 is 9.64 Å². The lowest BCUT2D eigenvalue weighted by molar-refractivity contribution is -0.130. The summed E-state index contributed by atoms with van der Waals surface area (Å²) < 4.78 is 5.95. The minimum absolute atomic E-state index is 0.0669. The van der Waals surface area contributed by atoms with Gasteiger partial charge in [0.2, 0.25) is 5.91 Å². The maximum absolute atomic E-state index is 12.7. The molecule has 0 unspecified atom stereocenters. The van der Waals surface area contributed by atoms with Crippen molar-refractivity contribution in [3.05, 3.63) is 94.0 Å². The zero-order valence-electron chi connectivity index (χ0n) is 16.9. The number of carbonyl (C=O) groups is 1. The van der Waals surface area contributed by atoms with Crippen LogP contribution in [0.1, 0.15) is 27.4 Å². The first-order valence-corrected chi connectivity index (χ1v) is 10.5. The molecule has 0 spiro atoms. The molecule has 1 amide bonds. The highest BCUT2D eigenvalue weighted by Crippen LogP contribution is 2.22. The Labute approximate surface area is 176 Å². The molecule has 0 fully saturated rings. The molecular formula is C24H26N2O2S. The van der Waals surface area contributed by atoms with Crippen molar-refractivity contribution in [1.82, 2.24) is 9.88 Å². The van der Waals surface area contributed by atoms with Crippen LogP contribution in [-0.4, -0.2) is 22.3 Å². The molecule has 29 heavy (non-hydrogen) atoms. The van der Waals surface area contributed by atoms with E-state index in [1.165, 1.54) is 5.56 Å². The molecule has 0 aliphatic heterocycles. The summed E-state index contributed by atoms with van der Waals surface area (Å²) in [5.41, 5.74) is 4.23. The normalized spacial score (nSPS) is 10.6. The van der Waals surface area contributed by atoms with Gasteiger partial charge in [0.1, 0.15) is 17.4 Å². The second-order valence-corrected chi connectivity index (χ2v) is 7.89. The first kappa shape index (κ1) is 20.8. The molecule has 0 N–H and O–H groups in total. The molecule has 3 aromatic rings. The number of thiazole rings is 1. The third-order valence-electron chi connectivity index (χ3n) is 4.76. The Bertz CT molecular complexity index is 966. The Hall–Kier alpha value is -2.92. The SMILES string of the molecule is C=CCN(Cc1csc(COc2cccc(C)c2C)n1)C(=O)Cc1ccccc1. The summed E-state index contributed by atoms with van der Waals surface area (Å²) in [6.07, 6.45) is 2.13. The van der Waals surface area contributed by atoms with Gasteiger partial charge in [0, 0.05) is 11.9 Å². The first-order valence-electron chi connectivity index (χ1n) is 9.61. The molecule has 3 rings (SSSR count). The molecule has 150 valence electrons. The van der Waals surface area contributed by atoms with E-state index in [4.69, 9.17) is 4.74 Å². The molecule has 0 bridgehead atoms. The number of hydrogen-bond donors (Lipinski definition) is 0. The number of hydrogen-bond acceptors (Lipinski definition) is 4. The van der Waals surface area contributed by atoms with Crippen LogP contribution in [-0.2, 0) is 24.4 Å². The van der Waals surface area contributed by atoms with E-state index >= 15 is 0 Å². The number of rotatable bonds is 9. The van der Waals surface area contributed by atoms with Gasteiger partial charge in [-0.25, -0.2) is 4.98 Å². The van der Waals surface area contributed by atoms with Crippen LogP contribution >= 0.6 is 11.3 Å². The van der Waals surface area contributed by atoms with Crippen molar-refractivity contribution in [2.75, 3.05) is 6.54 Å². The fraction of sp³-hybridized carbons (Fsp3) is 0.250. The molecule has 0 saturated heterocycles. The van der Waals surface area contributed by atoms with E-state index in [0.717, 1.165) is 27.6 Å². The van der Waals surface area contributed by atoms with E-state index in [-0.39, 0.29) is 5.91 Å². The topological polar surface area (TPSA) is 42.4 Å². The summed E-state index contributed by atoms with van der Waals surface area (Å²) in [5.74, 6) is 0.949. The second kappa shape index (κ2) is 10.0. The molecule has 0 aliphatic carbocycles. The van der Waals surface area contributed by atoms with Gasteiger partial charge in [-0.15, -0.1) is 17.9 Å². The van der Waals surface area contributed by atoms with Crippen LogP contribution in [0.2, 0.25) is 0 Å². The lowest BCUT2D eigenvalue weighted by Crippen LogP contribution is -2.32. The molecule has 0 atom stereocenters. The van der Waals surface area contributed by atoms with Crippen LogP contribution < -0.4 is 4.74 Å². The quantitative estimate of drug-likeness (QED) is 0.465. The van der Waals surface area contributed by atoms with Gasteiger partial charge in [-0.2, -0.15) is 0 Å². The Morgan fingerprint density at radius 3 is 2.72 bits per heavy atom. The molecule has 1 heterocycles. The highest BCUT2D eigenvalue weighted by molar-refractivity contribution is 7.09. The summed E-state index contributed by atoms with van der Waals surface area (Å²) in [5, 5.41) is 2.89. The minimum Gasteiger partial charge on any atom is -0.486 e. The maximum atomic E-state index is 12.7. The summed E-state index contributed by atoms with van der Waals surface area (Å²) in [4.78, 5) is 19.2. The van der Waals surface area contributed by atoms with E-state index in [1.807, 2.05) is 47.8 Å². The Morgan fingerprint density at radius 1 is 1.17 bits per heavy atom. The van der Waals surface area contributed by atoms with Crippen LogP contribution in [0, 0.1) is 13.8 Å². The zero-order valence-corrected chi connectivity index (χ0v) is 17.7. The van der Waals surface area contributed by atoms with Crippen molar-refractivity contribution in [3.63, 3.8) is 0 Å². The molecule has 4 nitrogen and oxygen atoms in total. The largest absolute Gasteiger partial charge is 0.486 e. The zero-order chi connectivity index (χ0) is 20.6. The van der Waals surface area contributed by atoms with Crippen molar-refractivity contribution < 1.29 is 9.53 Å². The predicted octanol–water partition coefficient (Wildman–Crippen LogP) is 5.10.